The van der Waals surface area contributed by atoms with Crippen molar-refractivity contribution >= 4 is 0 Å². The summed E-state index contributed by atoms with van der Waals surface area (Å²) < 4.78 is 7.12. The third kappa shape index (κ3) is 2.77. The molecule has 1 N–H and O–H groups in total. The first-order valence-corrected chi connectivity index (χ1v) is 5.43. The first-order valence-electron chi connectivity index (χ1n) is 5.43. The Kier molecular flexibility index (Phi) is 4.87. The largest absolute Gasteiger partial charge is 0.481 e. The molecule has 0 bridgehead atoms. The smallest absolute Gasteiger partial charge is 0.216 e. The summed E-state index contributed by atoms with van der Waals surface area (Å²) in [4.78, 5) is 0. The molecule has 1 aromatic heterocycles. The fourth-order valence-electron chi connectivity index (χ4n) is 1.66. The van der Waals surface area contributed by atoms with Gasteiger partial charge in [0.1, 0.15) is 0 Å². The van der Waals surface area contributed by atoms with E-state index in [2.05, 4.69) is 29.2 Å². The highest BCUT2D eigenvalue weighted by Crippen LogP contribution is 2.21. The molecule has 1 rings (SSSR count). The molecule has 0 atom stereocenters. The fraction of sp³-hybridized carbons (Fsp3) is 0.583. The first kappa shape index (κ1) is 12.6. The average Bonchev–Trinajstić information content (AvgIpc) is 2.60. The fourth-order valence-corrected chi connectivity index (χ4v) is 1.66. The normalized spacial score (nSPS) is 9.75. The Morgan fingerprint density at radius 3 is 2.81 bits per heavy atom. The highest BCUT2D eigenvalue weighted by atomic mass is 16.5. The van der Waals surface area contributed by atoms with Gasteiger partial charge in [0, 0.05) is 13.6 Å². The van der Waals surface area contributed by atoms with Gasteiger partial charge in [-0.1, -0.05) is 12.8 Å². The summed E-state index contributed by atoms with van der Waals surface area (Å²) in [5, 5.41) is 7.67. The monoisotopic (exact) mass is 221 g/mol. The summed E-state index contributed by atoms with van der Waals surface area (Å²) in [5.74, 6) is 6.65. The van der Waals surface area contributed by atoms with E-state index in [9.17, 15) is 0 Å². The van der Waals surface area contributed by atoms with Crippen molar-refractivity contribution in [1.82, 2.24) is 15.1 Å². The molecule has 0 unspecified atom stereocenters. The molecule has 4 nitrogen and oxygen atoms in total. The number of aryl methyl sites for hydroxylation is 2. The van der Waals surface area contributed by atoms with E-state index >= 15 is 0 Å². The lowest BCUT2D eigenvalue weighted by atomic mass is 10.2. The summed E-state index contributed by atoms with van der Waals surface area (Å²) in [7, 11) is 3.57. The van der Waals surface area contributed by atoms with Gasteiger partial charge in [-0.2, -0.15) is 5.10 Å². The number of methoxy groups -OCH3 is 1. The predicted octanol–water partition coefficient (Wildman–Crippen LogP) is 1.10. The van der Waals surface area contributed by atoms with E-state index in [0.29, 0.717) is 6.54 Å². The van der Waals surface area contributed by atoms with Crippen molar-refractivity contribution in [3.05, 3.63) is 11.3 Å². The van der Waals surface area contributed by atoms with Crippen molar-refractivity contribution in [3.8, 4) is 17.7 Å². The maximum absolute atomic E-state index is 5.34. The van der Waals surface area contributed by atoms with Gasteiger partial charge in [-0.05, 0) is 13.3 Å². The Bertz CT molecular complexity index is 398. The highest BCUT2D eigenvalue weighted by Gasteiger charge is 2.14. The summed E-state index contributed by atoms with van der Waals surface area (Å²) >= 11 is 0. The van der Waals surface area contributed by atoms with E-state index in [1.807, 2.05) is 14.0 Å². The Labute approximate surface area is 97.0 Å². The molecule has 0 radical (unpaired) electrons. The Morgan fingerprint density at radius 1 is 1.50 bits per heavy atom. The van der Waals surface area contributed by atoms with Crippen molar-refractivity contribution in [2.75, 3.05) is 13.7 Å². The Morgan fingerprint density at radius 2 is 2.25 bits per heavy atom. The zero-order valence-electron chi connectivity index (χ0n) is 10.4. The second-order valence-electron chi connectivity index (χ2n) is 3.44. The van der Waals surface area contributed by atoms with E-state index in [4.69, 9.17) is 4.74 Å². The number of nitrogens with one attached hydrogen (secondary N) is 1. The van der Waals surface area contributed by atoms with Gasteiger partial charge in [-0.25, -0.2) is 4.68 Å². The van der Waals surface area contributed by atoms with E-state index in [0.717, 1.165) is 30.1 Å². The molecule has 1 aromatic rings. The zero-order valence-corrected chi connectivity index (χ0v) is 10.4. The van der Waals surface area contributed by atoms with Crippen LogP contribution in [0, 0.1) is 11.8 Å². The molecular formula is C12H19N3O. The van der Waals surface area contributed by atoms with Crippen LogP contribution >= 0.6 is 0 Å². The molecule has 0 aliphatic carbocycles. The van der Waals surface area contributed by atoms with Crippen LogP contribution in [-0.2, 0) is 20.0 Å². The minimum atomic E-state index is 0.692. The number of nitrogens with zero attached hydrogens (tertiary/aromatic N) is 2. The first-order chi connectivity index (χ1) is 7.74. The lowest BCUT2D eigenvalue weighted by Crippen LogP contribution is -2.14. The molecule has 16 heavy (non-hydrogen) atoms. The zero-order chi connectivity index (χ0) is 12.0. The van der Waals surface area contributed by atoms with E-state index in [1.54, 1.807) is 11.8 Å². The third-order valence-corrected chi connectivity index (χ3v) is 2.39. The molecule has 0 spiro atoms. The van der Waals surface area contributed by atoms with Crippen molar-refractivity contribution in [3.63, 3.8) is 0 Å². The second kappa shape index (κ2) is 6.19. The lowest BCUT2D eigenvalue weighted by molar-refractivity contribution is 0.368. The second-order valence-corrected chi connectivity index (χ2v) is 3.44. The van der Waals surface area contributed by atoms with Crippen LogP contribution in [0.5, 0.6) is 5.88 Å². The van der Waals surface area contributed by atoms with Crippen molar-refractivity contribution in [2.24, 2.45) is 7.05 Å². The molecule has 0 amide bonds. The Hall–Kier alpha value is -1.47. The number of aromatic nitrogens is 2. The van der Waals surface area contributed by atoms with Crippen LogP contribution in [0.1, 0.15) is 25.1 Å². The predicted molar refractivity (Wildman–Crippen MR) is 64.3 cm³/mol. The highest BCUT2D eigenvalue weighted by molar-refractivity contribution is 5.31. The van der Waals surface area contributed by atoms with Crippen LogP contribution in [0.4, 0.5) is 0 Å². The number of hydrogen-bond donors (Lipinski definition) is 1. The summed E-state index contributed by atoms with van der Waals surface area (Å²) in [6, 6.07) is 0. The quantitative estimate of drug-likeness (QED) is 0.598. The molecular weight excluding hydrogens is 202 g/mol. The van der Waals surface area contributed by atoms with Crippen LogP contribution in [0.25, 0.3) is 0 Å². The van der Waals surface area contributed by atoms with Crippen LogP contribution in [0.15, 0.2) is 0 Å². The van der Waals surface area contributed by atoms with Gasteiger partial charge >= 0.3 is 0 Å². The van der Waals surface area contributed by atoms with Crippen LogP contribution in [0.2, 0.25) is 0 Å². The SMILES string of the molecule is CC#CCNCc1c(CC)nn(C)c1OC. The molecule has 0 aromatic carbocycles. The topological polar surface area (TPSA) is 39.1 Å². The van der Waals surface area contributed by atoms with Gasteiger partial charge in [-0.3, -0.25) is 0 Å². The van der Waals surface area contributed by atoms with Gasteiger partial charge < -0.3 is 10.1 Å². The standard InChI is InChI=1S/C12H19N3O/c1-5-7-8-13-9-10-11(6-2)14-15(3)12(10)16-4/h13H,6,8-9H2,1-4H3. The average molecular weight is 221 g/mol. The summed E-state index contributed by atoms with van der Waals surface area (Å²) in [6.07, 6.45) is 0.910. The van der Waals surface area contributed by atoms with Gasteiger partial charge in [0.05, 0.1) is 24.9 Å². The van der Waals surface area contributed by atoms with Crippen LogP contribution in [0.3, 0.4) is 0 Å². The molecule has 0 saturated carbocycles. The summed E-state index contributed by atoms with van der Waals surface area (Å²) in [5.41, 5.74) is 2.21. The van der Waals surface area contributed by atoms with Crippen LogP contribution < -0.4 is 10.1 Å². The molecule has 1 heterocycles. The van der Waals surface area contributed by atoms with E-state index in [1.165, 1.54) is 0 Å². The minimum absolute atomic E-state index is 0.692. The van der Waals surface area contributed by atoms with Gasteiger partial charge in [0.15, 0.2) is 0 Å². The van der Waals surface area contributed by atoms with Crippen molar-refractivity contribution < 1.29 is 4.74 Å². The van der Waals surface area contributed by atoms with Crippen molar-refractivity contribution in [1.29, 1.82) is 0 Å². The van der Waals surface area contributed by atoms with Crippen LogP contribution in [-0.4, -0.2) is 23.4 Å². The molecule has 4 heteroatoms. The number of rotatable bonds is 5. The van der Waals surface area contributed by atoms with Gasteiger partial charge in [0.25, 0.3) is 0 Å². The van der Waals surface area contributed by atoms with Gasteiger partial charge in [0.2, 0.25) is 5.88 Å². The van der Waals surface area contributed by atoms with Crippen molar-refractivity contribution in [2.45, 2.75) is 26.8 Å². The van der Waals surface area contributed by atoms with E-state index in [-0.39, 0.29) is 0 Å². The third-order valence-electron chi connectivity index (χ3n) is 2.39. The molecule has 0 saturated heterocycles. The molecule has 0 aliphatic rings. The molecule has 88 valence electrons. The minimum Gasteiger partial charge on any atom is -0.481 e. The lowest BCUT2D eigenvalue weighted by Gasteiger charge is -2.05. The maximum Gasteiger partial charge on any atom is 0.216 e. The van der Waals surface area contributed by atoms with Gasteiger partial charge in [-0.15, -0.1) is 5.92 Å². The van der Waals surface area contributed by atoms with E-state index < -0.39 is 0 Å². The number of ether oxygens (including phenoxy) is 1. The maximum atomic E-state index is 5.34. The molecule has 0 aliphatic heterocycles. The Balaban J connectivity index is 2.78. The molecule has 0 fully saturated rings. The summed E-state index contributed by atoms with van der Waals surface area (Å²) in [6.45, 7) is 5.37. The number of hydrogen-bond acceptors (Lipinski definition) is 3.